The molecule has 1 fully saturated rings. The maximum atomic E-state index is 14.0. The van der Waals surface area contributed by atoms with E-state index in [1.54, 1.807) is 36.3 Å². The van der Waals surface area contributed by atoms with Crippen molar-refractivity contribution in [3.05, 3.63) is 36.1 Å². The fourth-order valence-electron chi connectivity index (χ4n) is 3.05. The van der Waals surface area contributed by atoms with E-state index in [0.29, 0.717) is 12.4 Å². The summed E-state index contributed by atoms with van der Waals surface area (Å²) >= 11 is 0. The van der Waals surface area contributed by atoms with E-state index in [1.807, 2.05) is 0 Å². The number of anilines is 1. The molecular formula is C17H20F3N5O2. The molecule has 0 spiro atoms. The molecule has 0 aliphatic carbocycles. The highest BCUT2D eigenvalue weighted by atomic mass is 19.4. The molecule has 2 aromatic rings. The van der Waals surface area contributed by atoms with Crippen molar-refractivity contribution in [3.63, 3.8) is 0 Å². The number of nitrogens with zero attached hydrogens (tertiary/aromatic N) is 5. The Hall–Kier alpha value is -2.65. The van der Waals surface area contributed by atoms with Crippen LogP contribution in [0.25, 0.3) is 0 Å². The molecule has 0 aromatic carbocycles. The second-order valence-electron chi connectivity index (χ2n) is 6.65. The number of hydrogen-bond acceptors (Lipinski definition) is 6. The summed E-state index contributed by atoms with van der Waals surface area (Å²) in [4.78, 5) is 22.4. The summed E-state index contributed by atoms with van der Waals surface area (Å²) in [5, 5.41) is 3.69. The lowest BCUT2D eigenvalue weighted by molar-refractivity contribution is -0.191. The molecule has 10 heteroatoms. The van der Waals surface area contributed by atoms with Gasteiger partial charge in [-0.2, -0.15) is 18.2 Å². The smallest absolute Gasteiger partial charge is 0.355 e. The molecule has 1 unspecified atom stereocenters. The monoisotopic (exact) mass is 383 g/mol. The Morgan fingerprint density at radius 3 is 2.81 bits per heavy atom. The summed E-state index contributed by atoms with van der Waals surface area (Å²) in [7, 11) is 1.60. The largest absolute Gasteiger partial charge is 0.405 e. The van der Waals surface area contributed by atoms with Crippen molar-refractivity contribution in [2.24, 2.45) is 0 Å². The fourth-order valence-corrected chi connectivity index (χ4v) is 3.05. The van der Waals surface area contributed by atoms with Crippen molar-refractivity contribution in [1.82, 2.24) is 20.0 Å². The summed E-state index contributed by atoms with van der Waals surface area (Å²) < 4.78 is 47.0. The van der Waals surface area contributed by atoms with Crippen LogP contribution in [0.2, 0.25) is 0 Å². The molecule has 1 aliphatic rings. The Morgan fingerprint density at radius 2 is 2.19 bits per heavy atom. The van der Waals surface area contributed by atoms with Gasteiger partial charge in [-0.05, 0) is 18.6 Å². The minimum absolute atomic E-state index is 0.146. The highest BCUT2D eigenvalue weighted by molar-refractivity contribution is 5.72. The van der Waals surface area contributed by atoms with Crippen LogP contribution in [-0.4, -0.2) is 58.8 Å². The first-order valence-electron chi connectivity index (χ1n) is 8.50. The van der Waals surface area contributed by atoms with Gasteiger partial charge >= 0.3 is 6.18 Å². The van der Waals surface area contributed by atoms with E-state index >= 15 is 0 Å². The standard InChI is InChI=1S/C17H20F3N5O2/c1-12(26)24(2)9-6-13-22-15(27-23-13)16(17(18,19)20)7-10-25(11-16)14-5-3-4-8-21-14/h3-5,8H,6-7,9-11H2,1-2H3. The number of carbonyl (C=O) groups excluding carboxylic acids is 1. The molecular weight excluding hydrogens is 363 g/mol. The van der Waals surface area contributed by atoms with Crippen LogP contribution in [-0.2, 0) is 16.6 Å². The van der Waals surface area contributed by atoms with E-state index in [9.17, 15) is 18.0 Å². The maximum Gasteiger partial charge on any atom is 0.405 e. The molecule has 2 aromatic heterocycles. The maximum absolute atomic E-state index is 14.0. The quantitative estimate of drug-likeness (QED) is 0.788. The summed E-state index contributed by atoms with van der Waals surface area (Å²) in [6.45, 7) is 1.56. The van der Waals surface area contributed by atoms with Gasteiger partial charge in [0.15, 0.2) is 11.2 Å². The number of likely N-dealkylation sites (N-methyl/N-ethyl adjacent to an activating group) is 1. The zero-order chi connectivity index (χ0) is 19.7. The number of rotatable bonds is 5. The number of halogens is 3. The average molecular weight is 383 g/mol. The van der Waals surface area contributed by atoms with Gasteiger partial charge in [0.05, 0.1) is 0 Å². The zero-order valence-corrected chi connectivity index (χ0v) is 15.0. The topological polar surface area (TPSA) is 75.4 Å². The van der Waals surface area contributed by atoms with Crippen molar-refractivity contribution < 1.29 is 22.5 Å². The van der Waals surface area contributed by atoms with Gasteiger partial charge in [-0.3, -0.25) is 4.79 Å². The van der Waals surface area contributed by atoms with Crippen molar-refractivity contribution in [1.29, 1.82) is 0 Å². The van der Waals surface area contributed by atoms with E-state index in [0.717, 1.165) is 0 Å². The summed E-state index contributed by atoms with van der Waals surface area (Å²) in [6, 6.07) is 5.11. The van der Waals surface area contributed by atoms with Gasteiger partial charge < -0.3 is 14.3 Å². The Balaban J connectivity index is 1.82. The van der Waals surface area contributed by atoms with Crippen LogP contribution in [0.1, 0.15) is 25.1 Å². The van der Waals surface area contributed by atoms with Gasteiger partial charge in [0, 0.05) is 46.2 Å². The van der Waals surface area contributed by atoms with E-state index in [2.05, 4.69) is 15.1 Å². The Labute approximate surface area is 154 Å². The number of pyridine rings is 1. The minimum atomic E-state index is -4.55. The number of alkyl halides is 3. The fraction of sp³-hybridized carbons (Fsp3) is 0.529. The first-order chi connectivity index (χ1) is 12.7. The van der Waals surface area contributed by atoms with E-state index < -0.39 is 17.5 Å². The predicted octanol–water partition coefficient (Wildman–Crippen LogP) is 2.20. The third-order valence-corrected chi connectivity index (χ3v) is 4.87. The van der Waals surface area contributed by atoms with Crippen LogP contribution >= 0.6 is 0 Å². The Morgan fingerprint density at radius 1 is 1.41 bits per heavy atom. The molecule has 0 bridgehead atoms. The number of amides is 1. The highest BCUT2D eigenvalue weighted by Gasteiger charge is 2.63. The van der Waals surface area contributed by atoms with Crippen LogP contribution in [0.5, 0.6) is 0 Å². The molecule has 1 saturated heterocycles. The summed E-state index contributed by atoms with van der Waals surface area (Å²) in [5.41, 5.74) is -2.23. The van der Waals surface area contributed by atoms with Gasteiger partial charge in [0.2, 0.25) is 11.8 Å². The zero-order valence-electron chi connectivity index (χ0n) is 15.0. The Bertz CT molecular complexity index is 795. The SMILES string of the molecule is CC(=O)N(C)CCc1noc(C2(C(F)(F)F)CCN(c3ccccn3)C2)n1. The van der Waals surface area contributed by atoms with Crippen molar-refractivity contribution in [2.45, 2.75) is 31.4 Å². The first kappa shape index (κ1) is 19.1. The molecule has 7 nitrogen and oxygen atoms in total. The lowest BCUT2D eigenvalue weighted by atomic mass is 9.86. The van der Waals surface area contributed by atoms with E-state index in [-0.39, 0.29) is 37.7 Å². The van der Waals surface area contributed by atoms with Gasteiger partial charge in [0.25, 0.3) is 0 Å². The van der Waals surface area contributed by atoms with Gasteiger partial charge in [-0.25, -0.2) is 4.98 Å². The number of hydrogen-bond donors (Lipinski definition) is 0. The van der Waals surface area contributed by atoms with Crippen molar-refractivity contribution in [3.8, 4) is 0 Å². The molecule has 146 valence electrons. The third kappa shape index (κ3) is 3.74. The predicted molar refractivity (Wildman–Crippen MR) is 90.1 cm³/mol. The average Bonchev–Trinajstić information content (AvgIpc) is 3.27. The lowest BCUT2D eigenvalue weighted by Gasteiger charge is -2.28. The molecule has 0 N–H and O–H groups in total. The van der Waals surface area contributed by atoms with Crippen LogP contribution in [0, 0.1) is 0 Å². The van der Waals surface area contributed by atoms with Crippen LogP contribution in [0.4, 0.5) is 19.0 Å². The molecule has 1 amide bonds. The van der Waals surface area contributed by atoms with Gasteiger partial charge in [0.1, 0.15) is 5.82 Å². The molecule has 0 saturated carbocycles. The van der Waals surface area contributed by atoms with Crippen LogP contribution in [0.3, 0.4) is 0 Å². The van der Waals surface area contributed by atoms with Crippen LogP contribution < -0.4 is 4.90 Å². The molecule has 3 heterocycles. The molecule has 27 heavy (non-hydrogen) atoms. The first-order valence-corrected chi connectivity index (χ1v) is 8.50. The van der Waals surface area contributed by atoms with E-state index in [4.69, 9.17) is 4.52 Å². The van der Waals surface area contributed by atoms with Crippen LogP contribution in [0.15, 0.2) is 28.9 Å². The Kier molecular flexibility index (Phi) is 5.07. The van der Waals surface area contributed by atoms with Gasteiger partial charge in [-0.1, -0.05) is 11.2 Å². The second-order valence-corrected chi connectivity index (χ2v) is 6.65. The minimum Gasteiger partial charge on any atom is -0.355 e. The molecule has 3 rings (SSSR count). The normalized spacial score (nSPS) is 20.1. The molecule has 1 atom stereocenters. The second kappa shape index (κ2) is 7.16. The summed E-state index contributed by atoms with van der Waals surface area (Å²) in [6.07, 6.45) is -2.98. The molecule has 0 radical (unpaired) electrons. The van der Waals surface area contributed by atoms with E-state index in [1.165, 1.54) is 11.8 Å². The number of carbonyl (C=O) groups is 1. The van der Waals surface area contributed by atoms with Crippen molar-refractivity contribution in [2.75, 3.05) is 31.6 Å². The third-order valence-electron chi connectivity index (χ3n) is 4.87. The highest BCUT2D eigenvalue weighted by Crippen LogP contribution is 2.47. The van der Waals surface area contributed by atoms with Gasteiger partial charge in [-0.15, -0.1) is 0 Å². The number of aromatic nitrogens is 3. The lowest BCUT2D eigenvalue weighted by Crippen LogP contribution is -2.45. The molecule has 1 aliphatic heterocycles. The summed E-state index contributed by atoms with van der Waals surface area (Å²) in [5.74, 6) is 0.0469. The van der Waals surface area contributed by atoms with Crippen molar-refractivity contribution >= 4 is 11.7 Å².